The summed E-state index contributed by atoms with van der Waals surface area (Å²) in [5.41, 5.74) is 0. The molecule has 19 heavy (non-hydrogen) atoms. The molecule has 1 aliphatic rings. The number of benzene rings is 1. The van der Waals surface area contributed by atoms with Gasteiger partial charge in [-0.3, -0.25) is 0 Å². The molecule has 6 nitrogen and oxygen atoms in total. The molecule has 0 bridgehead atoms. The first-order valence-corrected chi connectivity index (χ1v) is 7.88. The van der Waals surface area contributed by atoms with Crippen LogP contribution in [-0.4, -0.2) is 43.1 Å². The largest absolute Gasteiger partial charge is 0.465 e. The number of halogens is 1. The van der Waals surface area contributed by atoms with Gasteiger partial charge in [0, 0.05) is 23.6 Å². The fourth-order valence-corrected chi connectivity index (χ4v) is 3.76. The Balaban J connectivity index is 2.13. The summed E-state index contributed by atoms with van der Waals surface area (Å²) in [6.45, 7) is 0.494. The predicted molar refractivity (Wildman–Crippen MR) is 72.5 cm³/mol. The van der Waals surface area contributed by atoms with E-state index in [1.54, 1.807) is 12.1 Å². The first-order chi connectivity index (χ1) is 8.89. The second kappa shape index (κ2) is 5.48. The number of nitrogens with one attached hydrogen (secondary N) is 1. The van der Waals surface area contributed by atoms with Crippen LogP contribution in [0.2, 0.25) is 0 Å². The number of sulfonamides is 1. The topological polar surface area (TPSA) is 86.7 Å². The van der Waals surface area contributed by atoms with Crippen molar-refractivity contribution in [1.82, 2.24) is 9.62 Å². The number of rotatable bonds is 3. The lowest BCUT2D eigenvalue weighted by Gasteiger charge is -2.16. The van der Waals surface area contributed by atoms with Crippen molar-refractivity contribution in [2.45, 2.75) is 17.4 Å². The molecule has 1 aromatic carbocycles. The third-order valence-electron chi connectivity index (χ3n) is 2.93. The normalized spacial score (nSPS) is 20.4. The lowest BCUT2D eigenvalue weighted by molar-refractivity contribution is 0.190. The summed E-state index contributed by atoms with van der Waals surface area (Å²) in [7, 11) is -3.54. The van der Waals surface area contributed by atoms with Gasteiger partial charge in [-0.2, -0.15) is 4.31 Å². The smallest absolute Gasteiger partial charge is 0.404 e. The molecule has 1 aliphatic heterocycles. The molecule has 8 heteroatoms. The summed E-state index contributed by atoms with van der Waals surface area (Å²) in [4.78, 5) is 10.7. The van der Waals surface area contributed by atoms with E-state index >= 15 is 0 Å². The molecule has 2 rings (SSSR count). The maximum absolute atomic E-state index is 12.3. The number of hydrogen-bond donors (Lipinski definition) is 2. The van der Waals surface area contributed by atoms with Crippen molar-refractivity contribution in [2.24, 2.45) is 0 Å². The van der Waals surface area contributed by atoms with Crippen LogP contribution in [0.4, 0.5) is 4.79 Å². The number of carbonyl (C=O) groups is 1. The van der Waals surface area contributed by atoms with Crippen LogP contribution in [0.1, 0.15) is 6.42 Å². The summed E-state index contributed by atoms with van der Waals surface area (Å²) in [5.74, 6) is 0. The number of amides is 1. The standard InChI is InChI=1S/C11H13BrN2O4S/c12-8-1-3-10(4-2-8)19(17,18)14-6-5-9(7-14)13-11(15)16/h1-4,9,13H,5-7H2,(H,15,16)/t9-/m1/s1. The Morgan fingerprint density at radius 3 is 2.58 bits per heavy atom. The minimum Gasteiger partial charge on any atom is -0.465 e. The Bertz CT molecular complexity index is 573. The molecule has 1 atom stereocenters. The van der Waals surface area contributed by atoms with Crippen molar-refractivity contribution in [3.63, 3.8) is 0 Å². The second-order valence-corrected chi connectivity index (χ2v) is 7.11. The van der Waals surface area contributed by atoms with Crippen molar-refractivity contribution < 1.29 is 18.3 Å². The molecule has 104 valence electrons. The van der Waals surface area contributed by atoms with Crippen LogP contribution in [0.5, 0.6) is 0 Å². The van der Waals surface area contributed by atoms with Crippen LogP contribution < -0.4 is 5.32 Å². The lowest BCUT2D eigenvalue weighted by Crippen LogP contribution is -2.37. The van der Waals surface area contributed by atoms with Gasteiger partial charge in [-0.05, 0) is 30.7 Å². The fraction of sp³-hybridized carbons (Fsp3) is 0.364. The van der Waals surface area contributed by atoms with E-state index < -0.39 is 16.1 Å². The molecular weight excluding hydrogens is 336 g/mol. The third kappa shape index (κ3) is 3.26. The molecule has 1 amide bonds. The Labute approximate surface area is 119 Å². The Kier molecular flexibility index (Phi) is 4.12. The van der Waals surface area contributed by atoms with E-state index in [1.165, 1.54) is 16.4 Å². The van der Waals surface area contributed by atoms with Crippen LogP contribution in [0.25, 0.3) is 0 Å². The van der Waals surface area contributed by atoms with Gasteiger partial charge in [0.25, 0.3) is 0 Å². The van der Waals surface area contributed by atoms with Crippen LogP contribution in [0.3, 0.4) is 0 Å². The molecule has 0 aliphatic carbocycles. The highest BCUT2D eigenvalue weighted by Crippen LogP contribution is 2.22. The highest BCUT2D eigenvalue weighted by molar-refractivity contribution is 9.10. The molecule has 0 spiro atoms. The maximum atomic E-state index is 12.3. The van der Waals surface area contributed by atoms with Crippen molar-refractivity contribution in [3.05, 3.63) is 28.7 Å². The molecule has 0 saturated carbocycles. The monoisotopic (exact) mass is 348 g/mol. The van der Waals surface area contributed by atoms with E-state index in [2.05, 4.69) is 21.2 Å². The van der Waals surface area contributed by atoms with Gasteiger partial charge < -0.3 is 10.4 Å². The molecule has 0 radical (unpaired) electrons. The van der Waals surface area contributed by atoms with Gasteiger partial charge in [0.05, 0.1) is 4.90 Å². The van der Waals surface area contributed by atoms with Gasteiger partial charge in [-0.15, -0.1) is 0 Å². The zero-order valence-electron chi connectivity index (χ0n) is 9.91. The van der Waals surface area contributed by atoms with Crippen LogP contribution in [0.15, 0.2) is 33.6 Å². The zero-order valence-corrected chi connectivity index (χ0v) is 12.3. The average Bonchev–Trinajstić information content (AvgIpc) is 2.78. The highest BCUT2D eigenvalue weighted by atomic mass is 79.9. The zero-order chi connectivity index (χ0) is 14.0. The maximum Gasteiger partial charge on any atom is 0.404 e. The number of hydrogen-bond acceptors (Lipinski definition) is 3. The van der Waals surface area contributed by atoms with E-state index in [9.17, 15) is 13.2 Å². The van der Waals surface area contributed by atoms with Crippen molar-refractivity contribution in [2.75, 3.05) is 13.1 Å². The molecule has 1 saturated heterocycles. The summed E-state index contributed by atoms with van der Waals surface area (Å²) in [6, 6.07) is 6.03. The second-order valence-electron chi connectivity index (χ2n) is 4.25. The lowest BCUT2D eigenvalue weighted by atomic mass is 10.3. The van der Waals surface area contributed by atoms with Crippen molar-refractivity contribution >= 4 is 32.0 Å². The van der Waals surface area contributed by atoms with Crippen LogP contribution in [0, 0.1) is 0 Å². The van der Waals surface area contributed by atoms with Gasteiger partial charge in [0.2, 0.25) is 10.0 Å². The molecule has 2 N–H and O–H groups in total. The van der Waals surface area contributed by atoms with Gasteiger partial charge in [0.15, 0.2) is 0 Å². The third-order valence-corrected chi connectivity index (χ3v) is 5.34. The Morgan fingerprint density at radius 1 is 1.37 bits per heavy atom. The summed E-state index contributed by atoms with van der Waals surface area (Å²) in [5, 5.41) is 10.9. The van der Waals surface area contributed by atoms with E-state index in [1.807, 2.05) is 0 Å². The van der Waals surface area contributed by atoms with Crippen LogP contribution >= 0.6 is 15.9 Å². The average molecular weight is 349 g/mol. The Morgan fingerprint density at radius 2 is 2.00 bits per heavy atom. The summed E-state index contributed by atoms with van der Waals surface area (Å²) in [6.07, 6.45) is -0.643. The molecule has 0 aromatic heterocycles. The van der Waals surface area contributed by atoms with Crippen LogP contribution in [-0.2, 0) is 10.0 Å². The molecule has 1 fully saturated rings. The first-order valence-electron chi connectivity index (χ1n) is 5.65. The minimum absolute atomic E-state index is 0.171. The number of carboxylic acid groups (broad SMARTS) is 1. The molecule has 1 heterocycles. The first kappa shape index (κ1) is 14.3. The predicted octanol–water partition coefficient (Wildman–Crippen LogP) is 1.48. The van der Waals surface area contributed by atoms with E-state index in [0.29, 0.717) is 13.0 Å². The quantitative estimate of drug-likeness (QED) is 0.866. The summed E-state index contributed by atoms with van der Waals surface area (Å²) < 4.78 is 26.7. The SMILES string of the molecule is O=C(O)N[C@@H]1CCN(S(=O)(=O)c2ccc(Br)cc2)C1. The number of nitrogens with zero attached hydrogens (tertiary/aromatic N) is 1. The molecular formula is C11H13BrN2O4S. The van der Waals surface area contributed by atoms with E-state index in [4.69, 9.17) is 5.11 Å². The Hall–Kier alpha value is -1.12. The molecule has 1 aromatic rings. The highest BCUT2D eigenvalue weighted by Gasteiger charge is 2.33. The van der Waals surface area contributed by atoms with Gasteiger partial charge >= 0.3 is 6.09 Å². The van der Waals surface area contributed by atoms with Gasteiger partial charge in [0.1, 0.15) is 0 Å². The van der Waals surface area contributed by atoms with Gasteiger partial charge in [-0.1, -0.05) is 15.9 Å². The molecule has 0 unspecified atom stereocenters. The van der Waals surface area contributed by atoms with Gasteiger partial charge in [-0.25, -0.2) is 13.2 Å². The van der Waals surface area contributed by atoms with E-state index in [-0.39, 0.29) is 17.5 Å². The minimum atomic E-state index is -3.54. The van der Waals surface area contributed by atoms with Crippen molar-refractivity contribution in [3.8, 4) is 0 Å². The van der Waals surface area contributed by atoms with Crippen molar-refractivity contribution in [1.29, 1.82) is 0 Å². The van der Waals surface area contributed by atoms with E-state index in [0.717, 1.165) is 4.47 Å². The fourth-order valence-electron chi connectivity index (χ4n) is 1.99. The summed E-state index contributed by atoms with van der Waals surface area (Å²) >= 11 is 3.25.